The molecule has 0 atom stereocenters. The second-order valence-electron chi connectivity index (χ2n) is 4.63. The minimum Gasteiger partial charge on any atom is -0.349 e. The quantitative estimate of drug-likeness (QED) is 0.872. The van der Waals surface area contributed by atoms with Gasteiger partial charge >= 0.3 is 0 Å². The van der Waals surface area contributed by atoms with Crippen molar-refractivity contribution in [1.82, 2.24) is 25.1 Å². The predicted octanol–water partition coefficient (Wildman–Crippen LogP) is 1.57. The molecule has 19 heavy (non-hydrogen) atoms. The van der Waals surface area contributed by atoms with E-state index in [1.807, 2.05) is 10.8 Å². The fourth-order valence-corrected chi connectivity index (χ4v) is 2.26. The summed E-state index contributed by atoms with van der Waals surface area (Å²) in [5.41, 5.74) is 1.18. The smallest absolute Gasteiger partial charge is 0.273 e. The zero-order valence-corrected chi connectivity index (χ0v) is 11.0. The van der Waals surface area contributed by atoms with Gasteiger partial charge in [0.2, 0.25) is 0 Å². The number of hydrogen-bond acceptors (Lipinski definition) is 3. The molecular formula is C12H14ClN5O. The van der Waals surface area contributed by atoms with Crippen LogP contribution in [0.15, 0.2) is 18.7 Å². The van der Waals surface area contributed by atoms with Crippen molar-refractivity contribution in [2.75, 3.05) is 6.54 Å². The zero-order chi connectivity index (χ0) is 13.2. The summed E-state index contributed by atoms with van der Waals surface area (Å²) in [6.45, 7) is 1.18. The van der Waals surface area contributed by atoms with Gasteiger partial charge in [-0.05, 0) is 12.8 Å². The number of aromatic amines is 1. The Morgan fingerprint density at radius 3 is 3.11 bits per heavy atom. The lowest BCUT2D eigenvalue weighted by Crippen LogP contribution is -2.27. The number of rotatable bonds is 5. The van der Waals surface area contributed by atoms with Crippen LogP contribution in [-0.4, -0.2) is 32.2 Å². The average molecular weight is 280 g/mol. The molecule has 0 aliphatic heterocycles. The fraction of sp³-hybridized carbons (Fsp3) is 0.417. The number of halogens is 1. The van der Waals surface area contributed by atoms with Gasteiger partial charge in [-0.25, -0.2) is 4.98 Å². The Morgan fingerprint density at radius 2 is 2.42 bits per heavy atom. The summed E-state index contributed by atoms with van der Waals surface area (Å²) in [4.78, 5) is 15.9. The van der Waals surface area contributed by atoms with Crippen molar-refractivity contribution in [3.63, 3.8) is 0 Å². The van der Waals surface area contributed by atoms with Crippen molar-refractivity contribution >= 4 is 17.5 Å². The topological polar surface area (TPSA) is 75.6 Å². The maximum absolute atomic E-state index is 11.9. The molecule has 1 saturated carbocycles. The van der Waals surface area contributed by atoms with Crippen molar-refractivity contribution < 1.29 is 4.79 Å². The van der Waals surface area contributed by atoms with Crippen LogP contribution in [0.25, 0.3) is 0 Å². The third-order valence-electron chi connectivity index (χ3n) is 3.15. The van der Waals surface area contributed by atoms with Gasteiger partial charge < -0.3 is 9.88 Å². The Morgan fingerprint density at radius 1 is 1.58 bits per heavy atom. The van der Waals surface area contributed by atoms with Crippen molar-refractivity contribution in [2.45, 2.75) is 25.3 Å². The monoisotopic (exact) mass is 279 g/mol. The van der Waals surface area contributed by atoms with Gasteiger partial charge in [0.15, 0.2) is 5.69 Å². The van der Waals surface area contributed by atoms with Crippen LogP contribution in [0.3, 0.4) is 0 Å². The molecule has 0 unspecified atom stereocenters. The van der Waals surface area contributed by atoms with Crippen LogP contribution in [-0.2, 0) is 6.54 Å². The van der Waals surface area contributed by atoms with Crippen LogP contribution in [0.4, 0.5) is 0 Å². The summed E-state index contributed by atoms with van der Waals surface area (Å²) in [5.74, 6) is 0.209. The highest BCUT2D eigenvalue weighted by molar-refractivity contribution is 6.34. The molecule has 1 aliphatic carbocycles. The second kappa shape index (κ2) is 5.05. The summed E-state index contributed by atoms with van der Waals surface area (Å²) in [6.07, 6.45) is 7.49. The molecule has 3 rings (SSSR count). The Hall–Kier alpha value is -1.82. The normalized spacial score (nSPS) is 14.6. The number of nitrogens with zero attached hydrogens (tertiary/aromatic N) is 3. The van der Waals surface area contributed by atoms with E-state index in [-0.39, 0.29) is 11.6 Å². The summed E-state index contributed by atoms with van der Waals surface area (Å²) >= 11 is 6.16. The first-order chi connectivity index (χ1) is 9.25. The second-order valence-corrected chi connectivity index (χ2v) is 5.01. The molecule has 0 radical (unpaired) electrons. The lowest BCUT2D eigenvalue weighted by Gasteiger charge is -2.04. The molecule has 7 heteroatoms. The molecule has 0 bridgehead atoms. The van der Waals surface area contributed by atoms with E-state index in [1.165, 1.54) is 0 Å². The van der Waals surface area contributed by atoms with Crippen LogP contribution >= 0.6 is 11.6 Å². The van der Waals surface area contributed by atoms with Crippen molar-refractivity contribution in [1.29, 1.82) is 0 Å². The Bertz CT molecular complexity index is 573. The van der Waals surface area contributed by atoms with Gasteiger partial charge in [0.05, 0.1) is 17.0 Å². The molecule has 2 heterocycles. The van der Waals surface area contributed by atoms with Gasteiger partial charge in [-0.15, -0.1) is 0 Å². The molecule has 2 aromatic heterocycles. The van der Waals surface area contributed by atoms with Crippen LogP contribution in [0.5, 0.6) is 0 Å². The minimum atomic E-state index is -0.242. The van der Waals surface area contributed by atoms with E-state index in [2.05, 4.69) is 20.5 Å². The molecule has 0 saturated heterocycles. The highest BCUT2D eigenvalue weighted by Crippen LogP contribution is 2.42. The number of aromatic nitrogens is 4. The number of imidazole rings is 1. The summed E-state index contributed by atoms with van der Waals surface area (Å²) < 4.78 is 1.89. The minimum absolute atomic E-state index is 0.242. The van der Waals surface area contributed by atoms with Gasteiger partial charge in [-0.3, -0.25) is 9.89 Å². The number of nitrogens with one attached hydrogen (secondary N) is 2. The molecule has 6 nitrogen and oxygen atoms in total. The van der Waals surface area contributed by atoms with Gasteiger partial charge in [-0.1, -0.05) is 11.6 Å². The van der Waals surface area contributed by atoms with Crippen LogP contribution in [0, 0.1) is 0 Å². The SMILES string of the molecule is O=C(NCCn1ccnc1)c1n[nH]c(C2CC2)c1Cl. The third-order valence-corrected chi connectivity index (χ3v) is 3.53. The Kier molecular flexibility index (Phi) is 3.25. The first-order valence-corrected chi connectivity index (χ1v) is 6.61. The average Bonchev–Trinajstić information content (AvgIpc) is 2.96. The molecular weight excluding hydrogens is 266 g/mol. The molecule has 1 amide bonds. The third kappa shape index (κ3) is 2.63. The summed E-state index contributed by atoms with van der Waals surface area (Å²) in [6, 6.07) is 0. The molecule has 100 valence electrons. The van der Waals surface area contributed by atoms with Gasteiger partial charge in [0.25, 0.3) is 5.91 Å². The lowest BCUT2D eigenvalue weighted by atomic mass is 10.2. The van der Waals surface area contributed by atoms with E-state index in [1.54, 1.807) is 12.5 Å². The van der Waals surface area contributed by atoms with Gasteiger partial charge in [-0.2, -0.15) is 5.10 Å². The van der Waals surface area contributed by atoms with Crippen LogP contribution < -0.4 is 5.32 Å². The Labute approximate surface area is 115 Å². The zero-order valence-electron chi connectivity index (χ0n) is 10.3. The van der Waals surface area contributed by atoms with E-state index < -0.39 is 0 Å². The molecule has 1 fully saturated rings. The first-order valence-electron chi connectivity index (χ1n) is 6.23. The number of H-pyrrole nitrogens is 1. The van der Waals surface area contributed by atoms with E-state index in [4.69, 9.17) is 11.6 Å². The largest absolute Gasteiger partial charge is 0.349 e. The highest BCUT2D eigenvalue weighted by Gasteiger charge is 2.30. The molecule has 2 aromatic rings. The fourth-order valence-electron chi connectivity index (χ4n) is 1.94. The summed E-state index contributed by atoms with van der Waals surface area (Å²) in [5, 5.41) is 10.1. The summed E-state index contributed by atoms with van der Waals surface area (Å²) in [7, 11) is 0. The Balaban J connectivity index is 1.57. The molecule has 0 aromatic carbocycles. The van der Waals surface area contributed by atoms with Crippen molar-refractivity contribution in [3.8, 4) is 0 Å². The van der Waals surface area contributed by atoms with Crippen molar-refractivity contribution in [3.05, 3.63) is 35.1 Å². The predicted molar refractivity (Wildman–Crippen MR) is 70.1 cm³/mol. The van der Waals surface area contributed by atoms with Gasteiger partial charge in [0.1, 0.15) is 0 Å². The number of carbonyl (C=O) groups excluding carboxylic acids is 1. The van der Waals surface area contributed by atoms with E-state index in [0.717, 1.165) is 18.5 Å². The van der Waals surface area contributed by atoms with E-state index in [9.17, 15) is 4.79 Å². The maximum Gasteiger partial charge on any atom is 0.273 e. The van der Waals surface area contributed by atoms with Crippen LogP contribution in [0.2, 0.25) is 5.02 Å². The van der Waals surface area contributed by atoms with Gasteiger partial charge in [0, 0.05) is 31.4 Å². The molecule has 2 N–H and O–H groups in total. The van der Waals surface area contributed by atoms with E-state index in [0.29, 0.717) is 24.0 Å². The maximum atomic E-state index is 11.9. The number of hydrogen-bond donors (Lipinski definition) is 2. The van der Waals surface area contributed by atoms with Crippen molar-refractivity contribution in [2.24, 2.45) is 0 Å². The standard InChI is InChI=1S/C12H14ClN5O/c13-9-10(8-1-2-8)16-17-11(9)12(19)15-4-6-18-5-3-14-7-18/h3,5,7-8H,1-2,4,6H2,(H,15,19)(H,16,17). The molecule has 0 spiro atoms. The number of amides is 1. The molecule has 1 aliphatic rings. The van der Waals surface area contributed by atoms with E-state index >= 15 is 0 Å². The lowest BCUT2D eigenvalue weighted by molar-refractivity contribution is 0.0947. The van der Waals surface area contributed by atoms with Crippen LogP contribution in [0.1, 0.15) is 34.9 Å². The first kappa shape index (κ1) is 12.2. The highest BCUT2D eigenvalue weighted by atomic mass is 35.5. The number of carbonyl (C=O) groups is 1.